The Labute approximate surface area is 107 Å². The van der Waals surface area contributed by atoms with E-state index in [2.05, 4.69) is 35.4 Å². The highest BCUT2D eigenvalue weighted by atomic mass is 32.2. The van der Waals surface area contributed by atoms with E-state index in [1.165, 1.54) is 18.0 Å². The first-order chi connectivity index (χ1) is 7.58. The summed E-state index contributed by atoms with van der Waals surface area (Å²) in [5.74, 6) is 1.66. The third-order valence-electron chi connectivity index (χ3n) is 2.14. The first-order valence-corrected chi connectivity index (χ1v) is 7.41. The Balaban J connectivity index is 2.13. The van der Waals surface area contributed by atoms with Crippen molar-refractivity contribution in [2.45, 2.75) is 43.7 Å². The fraction of sp³-hybridized carbons (Fsp3) is 0.818. The molecule has 0 aromatic carbocycles. The molecule has 0 saturated carbocycles. The Bertz CT molecular complexity index is 299. The van der Waals surface area contributed by atoms with E-state index in [9.17, 15) is 0 Å². The highest BCUT2D eigenvalue weighted by Gasteiger charge is 2.07. The van der Waals surface area contributed by atoms with E-state index in [-0.39, 0.29) is 0 Å². The van der Waals surface area contributed by atoms with Crippen molar-refractivity contribution in [2.24, 2.45) is 5.92 Å². The van der Waals surface area contributed by atoms with E-state index in [0.29, 0.717) is 5.25 Å². The smallest absolute Gasteiger partial charge is 0.170 e. The van der Waals surface area contributed by atoms with Crippen molar-refractivity contribution in [1.82, 2.24) is 14.7 Å². The second-order valence-electron chi connectivity index (χ2n) is 4.42. The molecule has 0 bridgehead atoms. The van der Waals surface area contributed by atoms with Crippen LogP contribution in [0.25, 0.3) is 0 Å². The van der Waals surface area contributed by atoms with Gasteiger partial charge in [0.05, 0.1) is 0 Å². The lowest BCUT2D eigenvalue weighted by Crippen LogP contribution is -2.24. The number of nitrogens with one attached hydrogen (secondary N) is 1. The van der Waals surface area contributed by atoms with Crippen molar-refractivity contribution in [1.29, 1.82) is 0 Å². The molecule has 1 aromatic rings. The van der Waals surface area contributed by atoms with Crippen LogP contribution in [0.15, 0.2) is 4.34 Å². The molecule has 0 aliphatic heterocycles. The monoisotopic (exact) mass is 259 g/mol. The fourth-order valence-electron chi connectivity index (χ4n) is 1.24. The van der Waals surface area contributed by atoms with Crippen LogP contribution in [0.4, 0.5) is 0 Å². The van der Waals surface area contributed by atoms with Gasteiger partial charge in [0.2, 0.25) is 0 Å². The van der Waals surface area contributed by atoms with Crippen molar-refractivity contribution in [2.75, 3.05) is 13.1 Å². The van der Waals surface area contributed by atoms with Gasteiger partial charge < -0.3 is 5.32 Å². The van der Waals surface area contributed by atoms with E-state index in [0.717, 1.165) is 29.2 Å². The predicted molar refractivity (Wildman–Crippen MR) is 72.3 cm³/mol. The molecule has 0 saturated heterocycles. The molecule has 0 aliphatic carbocycles. The summed E-state index contributed by atoms with van der Waals surface area (Å²) >= 11 is 3.30. The fourth-order valence-corrected chi connectivity index (χ4v) is 3.17. The Kier molecular flexibility index (Phi) is 6.31. The molecule has 1 aromatic heterocycles. The van der Waals surface area contributed by atoms with Crippen LogP contribution in [-0.2, 0) is 0 Å². The van der Waals surface area contributed by atoms with Crippen molar-refractivity contribution < 1.29 is 0 Å². The molecular weight excluding hydrogens is 238 g/mol. The van der Waals surface area contributed by atoms with Gasteiger partial charge in [-0.3, -0.25) is 0 Å². The summed E-state index contributed by atoms with van der Waals surface area (Å²) in [6.45, 7) is 10.8. The molecule has 0 spiro atoms. The Hall–Kier alpha value is -0.130. The number of thioether (sulfide) groups is 1. The summed E-state index contributed by atoms with van der Waals surface area (Å²) in [5.41, 5.74) is 0. The second-order valence-corrected chi connectivity index (χ2v) is 6.86. The number of hydrogen-bond donors (Lipinski definition) is 1. The molecule has 1 rings (SSSR count). The third kappa shape index (κ3) is 5.82. The van der Waals surface area contributed by atoms with Crippen LogP contribution in [0.1, 0.15) is 33.0 Å². The van der Waals surface area contributed by atoms with Crippen molar-refractivity contribution in [3.8, 4) is 0 Å². The van der Waals surface area contributed by atoms with Crippen LogP contribution >= 0.6 is 23.3 Å². The van der Waals surface area contributed by atoms with Gasteiger partial charge in [-0.2, -0.15) is 4.37 Å². The van der Waals surface area contributed by atoms with E-state index >= 15 is 0 Å². The van der Waals surface area contributed by atoms with Gasteiger partial charge in [0.15, 0.2) is 4.34 Å². The number of nitrogens with zero attached hydrogens (tertiary/aromatic N) is 2. The van der Waals surface area contributed by atoms with Gasteiger partial charge in [-0.25, -0.2) is 4.98 Å². The van der Waals surface area contributed by atoms with E-state index in [4.69, 9.17) is 0 Å². The van der Waals surface area contributed by atoms with Crippen molar-refractivity contribution in [3.05, 3.63) is 5.82 Å². The molecule has 1 N–H and O–H groups in total. The zero-order valence-electron chi connectivity index (χ0n) is 10.5. The number of aromatic nitrogens is 2. The first kappa shape index (κ1) is 13.9. The summed E-state index contributed by atoms with van der Waals surface area (Å²) in [5, 5.41) is 4.03. The molecular formula is C11H21N3S2. The van der Waals surface area contributed by atoms with Crippen LogP contribution < -0.4 is 5.32 Å². The maximum Gasteiger partial charge on any atom is 0.170 e. The molecule has 0 fully saturated rings. The van der Waals surface area contributed by atoms with Gasteiger partial charge in [-0.05, 0) is 37.3 Å². The molecule has 1 atom stereocenters. The molecule has 3 nitrogen and oxygen atoms in total. The lowest BCUT2D eigenvalue weighted by Gasteiger charge is -2.11. The average molecular weight is 259 g/mol. The summed E-state index contributed by atoms with van der Waals surface area (Å²) in [6.07, 6.45) is 1.25. The molecule has 1 unspecified atom stereocenters. The maximum absolute atomic E-state index is 4.35. The van der Waals surface area contributed by atoms with Gasteiger partial charge in [-0.1, -0.05) is 32.5 Å². The number of hydrogen-bond acceptors (Lipinski definition) is 5. The lowest BCUT2D eigenvalue weighted by atomic mass is 10.1. The van der Waals surface area contributed by atoms with Crippen LogP contribution in [-0.4, -0.2) is 27.7 Å². The van der Waals surface area contributed by atoms with Crippen LogP contribution in [0, 0.1) is 12.8 Å². The van der Waals surface area contributed by atoms with E-state index in [1.807, 2.05) is 6.92 Å². The Morgan fingerprint density at radius 3 is 2.69 bits per heavy atom. The summed E-state index contributed by atoms with van der Waals surface area (Å²) in [7, 11) is 0. The molecule has 5 heteroatoms. The zero-order valence-corrected chi connectivity index (χ0v) is 12.1. The van der Waals surface area contributed by atoms with Gasteiger partial charge in [0.25, 0.3) is 0 Å². The maximum atomic E-state index is 4.35. The third-order valence-corrected chi connectivity index (χ3v) is 4.12. The van der Waals surface area contributed by atoms with Crippen molar-refractivity contribution in [3.63, 3.8) is 0 Å². The van der Waals surface area contributed by atoms with Crippen molar-refractivity contribution >= 4 is 23.3 Å². The number of rotatable bonds is 7. The van der Waals surface area contributed by atoms with Crippen LogP contribution in [0.3, 0.4) is 0 Å². The quantitative estimate of drug-likeness (QED) is 0.603. The predicted octanol–water partition coefficient (Wildman–Crippen LogP) is 2.96. The summed E-state index contributed by atoms with van der Waals surface area (Å²) in [4.78, 5) is 4.35. The lowest BCUT2D eigenvalue weighted by molar-refractivity contribution is 0.539. The minimum absolute atomic E-state index is 0.555. The van der Waals surface area contributed by atoms with Gasteiger partial charge in [0.1, 0.15) is 5.82 Å². The first-order valence-electron chi connectivity index (χ1n) is 5.75. The topological polar surface area (TPSA) is 37.8 Å². The van der Waals surface area contributed by atoms with Gasteiger partial charge in [-0.15, -0.1) is 0 Å². The summed E-state index contributed by atoms with van der Waals surface area (Å²) < 4.78 is 5.26. The summed E-state index contributed by atoms with van der Waals surface area (Å²) in [6, 6.07) is 0. The van der Waals surface area contributed by atoms with Crippen LogP contribution in [0.2, 0.25) is 0 Å². The van der Waals surface area contributed by atoms with Gasteiger partial charge >= 0.3 is 0 Å². The molecule has 16 heavy (non-hydrogen) atoms. The number of aryl methyl sites for hydroxylation is 1. The highest BCUT2D eigenvalue weighted by molar-refractivity contribution is 8.01. The second kappa shape index (κ2) is 7.25. The highest BCUT2D eigenvalue weighted by Crippen LogP contribution is 2.24. The molecule has 0 aliphatic rings. The molecule has 1 heterocycles. The standard InChI is InChI=1S/C11H21N3S2/c1-8(2)5-6-12-7-9(3)15-11-13-10(4)14-16-11/h8-9,12H,5-7H2,1-4H3. The molecule has 0 radical (unpaired) electrons. The molecule has 0 amide bonds. The van der Waals surface area contributed by atoms with Crippen LogP contribution in [0.5, 0.6) is 0 Å². The van der Waals surface area contributed by atoms with E-state index in [1.54, 1.807) is 11.8 Å². The molecule has 92 valence electrons. The largest absolute Gasteiger partial charge is 0.316 e. The Morgan fingerprint density at radius 1 is 1.38 bits per heavy atom. The zero-order chi connectivity index (χ0) is 12.0. The normalized spacial score (nSPS) is 13.3. The SMILES string of the molecule is Cc1nsc(SC(C)CNCCC(C)C)n1. The Morgan fingerprint density at radius 2 is 2.12 bits per heavy atom. The minimum atomic E-state index is 0.555. The average Bonchev–Trinajstić information content (AvgIpc) is 2.58. The minimum Gasteiger partial charge on any atom is -0.316 e. The van der Waals surface area contributed by atoms with E-state index < -0.39 is 0 Å². The van der Waals surface area contributed by atoms with Gasteiger partial charge in [0, 0.05) is 11.8 Å².